The molecule has 34 heavy (non-hydrogen) atoms. The van der Waals surface area contributed by atoms with Crippen molar-refractivity contribution in [1.29, 1.82) is 10.5 Å². The SMILES string of the molecule is CCCCCCCCCCOc1cc(N=Nc2sc(C#N)c(C)c2C#N)c2ccccc2c1O. The Hall–Kier alpha value is -3.42. The lowest BCUT2D eigenvalue weighted by Gasteiger charge is -2.12. The van der Waals surface area contributed by atoms with Crippen molar-refractivity contribution in [3.8, 4) is 23.6 Å². The number of phenolic OH excluding ortho intramolecular Hbond substituents is 1. The van der Waals surface area contributed by atoms with E-state index in [2.05, 4.69) is 29.3 Å². The third-order valence-corrected chi connectivity index (χ3v) is 6.89. The molecule has 1 heterocycles. The number of fused-ring (bicyclic) bond motifs is 1. The number of azo groups is 1. The molecule has 0 fully saturated rings. The molecule has 0 unspecified atom stereocenters. The summed E-state index contributed by atoms with van der Waals surface area (Å²) in [6.45, 7) is 4.48. The zero-order chi connectivity index (χ0) is 24.3. The predicted molar refractivity (Wildman–Crippen MR) is 136 cm³/mol. The summed E-state index contributed by atoms with van der Waals surface area (Å²) in [4.78, 5) is 0.454. The first kappa shape index (κ1) is 25.2. The van der Waals surface area contributed by atoms with Crippen molar-refractivity contribution in [2.45, 2.75) is 65.2 Å². The summed E-state index contributed by atoms with van der Waals surface area (Å²) in [7, 11) is 0. The van der Waals surface area contributed by atoms with Crippen LogP contribution in [0.25, 0.3) is 10.8 Å². The van der Waals surface area contributed by atoms with Gasteiger partial charge in [-0.15, -0.1) is 21.6 Å². The highest BCUT2D eigenvalue weighted by Crippen LogP contribution is 2.42. The number of phenols is 1. The molecule has 0 aliphatic heterocycles. The van der Waals surface area contributed by atoms with Gasteiger partial charge in [0.25, 0.3) is 0 Å². The summed E-state index contributed by atoms with van der Waals surface area (Å²) < 4.78 is 5.92. The van der Waals surface area contributed by atoms with E-state index in [-0.39, 0.29) is 5.75 Å². The Labute approximate surface area is 205 Å². The number of thiophene rings is 1. The summed E-state index contributed by atoms with van der Waals surface area (Å²) in [5.41, 5.74) is 1.52. The first-order chi connectivity index (χ1) is 16.6. The van der Waals surface area contributed by atoms with Gasteiger partial charge in [-0.3, -0.25) is 0 Å². The molecule has 0 aliphatic rings. The lowest BCUT2D eigenvalue weighted by molar-refractivity contribution is 0.290. The number of aromatic hydroxyl groups is 1. The molecular formula is C27H30N4O2S. The number of nitrogens with zero attached hydrogens (tertiary/aromatic N) is 4. The van der Waals surface area contributed by atoms with Crippen molar-refractivity contribution in [3.05, 3.63) is 46.3 Å². The number of hydrogen-bond donors (Lipinski definition) is 1. The second kappa shape index (κ2) is 12.7. The summed E-state index contributed by atoms with van der Waals surface area (Å²) in [6.07, 6.45) is 9.66. The molecule has 0 atom stereocenters. The summed E-state index contributed by atoms with van der Waals surface area (Å²) in [5, 5.41) is 39.9. The van der Waals surface area contributed by atoms with E-state index >= 15 is 0 Å². The number of hydrogen-bond acceptors (Lipinski definition) is 7. The zero-order valence-electron chi connectivity index (χ0n) is 19.8. The van der Waals surface area contributed by atoms with Crippen molar-refractivity contribution < 1.29 is 9.84 Å². The Morgan fingerprint density at radius 1 is 0.941 bits per heavy atom. The van der Waals surface area contributed by atoms with Crippen molar-refractivity contribution >= 4 is 32.8 Å². The maximum absolute atomic E-state index is 10.8. The van der Waals surface area contributed by atoms with Crippen molar-refractivity contribution in [2.75, 3.05) is 6.61 Å². The molecule has 7 heteroatoms. The first-order valence-electron chi connectivity index (χ1n) is 11.8. The summed E-state index contributed by atoms with van der Waals surface area (Å²) in [5.74, 6) is 0.460. The van der Waals surface area contributed by atoms with Gasteiger partial charge in [0.1, 0.15) is 17.0 Å². The van der Waals surface area contributed by atoms with Gasteiger partial charge in [-0.05, 0) is 18.9 Å². The van der Waals surface area contributed by atoms with Crippen LogP contribution in [0.2, 0.25) is 0 Å². The van der Waals surface area contributed by atoms with Gasteiger partial charge in [0.2, 0.25) is 0 Å². The number of benzene rings is 2. The summed E-state index contributed by atoms with van der Waals surface area (Å²) >= 11 is 1.15. The second-order valence-corrected chi connectivity index (χ2v) is 9.27. The zero-order valence-corrected chi connectivity index (χ0v) is 20.6. The first-order valence-corrected chi connectivity index (χ1v) is 12.6. The van der Waals surface area contributed by atoms with E-state index in [0.717, 1.165) is 29.6 Å². The molecule has 0 bridgehead atoms. The van der Waals surface area contributed by atoms with E-state index in [4.69, 9.17) is 4.74 Å². The van der Waals surface area contributed by atoms with E-state index in [9.17, 15) is 15.6 Å². The molecule has 1 aromatic heterocycles. The monoisotopic (exact) mass is 474 g/mol. The van der Waals surface area contributed by atoms with Crippen LogP contribution < -0.4 is 4.74 Å². The molecule has 1 N–H and O–H groups in total. The van der Waals surface area contributed by atoms with E-state index in [1.807, 2.05) is 24.3 Å². The van der Waals surface area contributed by atoms with Gasteiger partial charge in [0.05, 0.1) is 17.9 Å². The van der Waals surface area contributed by atoms with Crippen LogP contribution in [-0.4, -0.2) is 11.7 Å². The fraction of sp³-hybridized carbons (Fsp3) is 0.407. The van der Waals surface area contributed by atoms with Gasteiger partial charge in [0, 0.05) is 16.8 Å². The Morgan fingerprint density at radius 2 is 1.62 bits per heavy atom. The Kier molecular flexibility index (Phi) is 9.43. The topological polar surface area (TPSA) is 102 Å². The fourth-order valence-electron chi connectivity index (χ4n) is 3.83. The summed E-state index contributed by atoms with van der Waals surface area (Å²) in [6, 6.07) is 13.3. The van der Waals surface area contributed by atoms with E-state index in [1.54, 1.807) is 13.0 Å². The van der Waals surface area contributed by atoms with Crippen molar-refractivity contribution in [1.82, 2.24) is 0 Å². The molecule has 2 aromatic carbocycles. The van der Waals surface area contributed by atoms with Crippen LogP contribution in [0.4, 0.5) is 10.7 Å². The maximum atomic E-state index is 10.8. The predicted octanol–water partition coefficient (Wildman–Crippen LogP) is 8.59. The number of ether oxygens (including phenoxy) is 1. The average molecular weight is 475 g/mol. The lowest BCUT2D eigenvalue weighted by atomic mass is 10.1. The smallest absolute Gasteiger partial charge is 0.165 e. The molecule has 0 amide bonds. The molecule has 0 aliphatic carbocycles. The van der Waals surface area contributed by atoms with Crippen LogP contribution in [0.1, 0.15) is 74.3 Å². The van der Waals surface area contributed by atoms with Gasteiger partial charge < -0.3 is 9.84 Å². The van der Waals surface area contributed by atoms with E-state index < -0.39 is 0 Å². The quantitative estimate of drug-likeness (QED) is 0.210. The largest absolute Gasteiger partial charge is 0.504 e. The standard InChI is InChI=1S/C27H30N4O2S/c1-3-4-5-6-7-8-9-12-15-33-24-16-23(20-13-10-11-14-21(20)26(24)32)30-31-27-22(17-28)19(2)25(18-29)34-27/h10-11,13-14,16,32H,3-9,12,15H2,1-2H3. The van der Waals surface area contributed by atoms with E-state index in [0.29, 0.717) is 44.4 Å². The van der Waals surface area contributed by atoms with Crippen LogP contribution in [0.5, 0.6) is 11.5 Å². The van der Waals surface area contributed by atoms with E-state index in [1.165, 1.54) is 38.5 Å². The van der Waals surface area contributed by atoms with Crippen molar-refractivity contribution in [3.63, 3.8) is 0 Å². The molecule has 0 spiro atoms. The third-order valence-electron chi connectivity index (χ3n) is 5.80. The highest BCUT2D eigenvalue weighted by atomic mass is 32.1. The Bertz CT molecular complexity index is 1230. The molecule has 0 saturated heterocycles. The number of rotatable bonds is 12. The van der Waals surface area contributed by atoms with Gasteiger partial charge in [-0.1, -0.05) is 76.1 Å². The molecule has 0 saturated carbocycles. The molecule has 3 rings (SSSR count). The molecule has 3 aromatic rings. The average Bonchev–Trinajstić information content (AvgIpc) is 3.17. The van der Waals surface area contributed by atoms with Gasteiger partial charge in [-0.2, -0.15) is 10.5 Å². The highest BCUT2D eigenvalue weighted by Gasteiger charge is 2.16. The maximum Gasteiger partial charge on any atom is 0.165 e. The lowest BCUT2D eigenvalue weighted by Crippen LogP contribution is -1.98. The minimum Gasteiger partial charge on any atom is -0.504 e. The number of nitriles is 2. The van der Waals surface area contributed by atoms with Crippen LogP contribution in [-0.2, 0) is 0 Å². The Balaban J connectivity index is 1.74. The number of unbranched alkanes of at least 4 members (excludes halogenated alkanes) is 7. The Morgan fingerprint density at radius 3 is 2.29 bits per heavy atom. The molecule has 6 nitrogen and oxygen atoms in total. The van der Waals surface area contributed by atoms with Crippen LogP contribution in [0.3, 0.4) is 0 Å². The third kappa shape index (κ3) is 6.12. The van der Waals surface area contributed by atoms with Gasteiger partial charge in [-0.25, -0.2) is 0 Å². The van der Waals surface area contributed by atoms with Crippen LogP contribution in [0, 0.1) is 29.6 Å². The van der Waals surface area contributed by atoms with Gasteiger partial charge >= 0.3 is 0 Å². The van der Waals surface area contributed by atoms with Gasteiger partial charge in [0.15, 0.2) is 16.5 Å². The fourth-order valence-corrected chi connectivity index (χ4v) is 4.71. The molecule has 0 radical (unpaired) electrons. The van der Waals surface area contributed by atoms with Crippen LogP contribution in [0.15, 0.2) is 40.6 Å². The molecule has 176 valence electrons. The molecular weight excluding hydrogens is 444 g/mol. The minimum absolute atomic E-state index is 0.0885. The normalized spacial score (nSPS) is 11.1. The minimum atomic E-state index is 0.0885. The highest BCUT2D eigenvalue weighted by molar-refractivity contribution is 7.16. The van der Waals surface area contributed by atoms with Crippen LogP contribution >= 0.6 is 11.3 Å². The van der Waals surface area contributed by atoms with Crippen molar-refractivity contribution in [2.24, 2.45) is 10.2 Å². The second-order valence-electron chi connectivity index (χ2n) is 8.27.